The average Bonchev–Trinajstić information content (AvgIpc) is 2.75. The van der Waals surface area contributed by atoms with Crippen molar-refractivity contribution in [2.75, 3.05) is 13.7 Å². The van der Waals surface area contributed by atoms with Gasteiger partial charge in [0.25, 0.3) is 0 Å². The number of hydrogen-bond donors (Lipinski definition) is 4. The number of aliphatic hydroxyl groups is 4. The van der Waals surface area contributed by atoms with Crippen LogP contribution >= 0.6 is 11.6 Å². The molecule has 0 radical (unpaired) electrons. The normalized spacial score (nSPS) is 26.8. The predicted octanol–water partition coefficient (Wildman–Crippen LogP) is 1.62. The summed E-state index contributed by atoms with van der Waals surface area (Å²) in [5.41, 5.74) is 3.59. The van der Waals surface area contributed by atoms with Crippen molar-refractivity contribution in [1.29, 1.82) is 0 Å². The number of rotatable bonds is 7. The first-order chi connectivity index (χ1) is 14.4. The van der Waals surface area contributed by atoms with Crippen molar-refractivity contribution in [3.8, 4) is 0 Å². The maximum Gasteiger partial charge on any atom is 0.113 e. The molecule has 4 N–H and O–H groups in total. The Bertz CT molecular complexity index is 857. The van der Waals surface area contributed by atoms with Gasteiger partial charge in [0.05, 0.1) is 6.61 Å². The lowest BCUT2D eigenvalue weighted by atomic mass is 9.90. The van der Waals surface area contributed by atoms with Crippen molar-refractivity contribution in [1.82, 2.24) is 0 Å². The van der Waals surface area contributed by atoms with E-state index in [2.05, 4.69) is 9.99 Å². The van der Waals surface area contributed by atoms with Gasteiger partial charge in [-0.1, -0.05) is 53.2 Å². The second-order valence-corrected chi connectivity index (χ2v) is 7.68. The van der Waals surface area contributed by atoms with Gasteiger partial charge in [-0.3, -0.25) is 0 Å². The number of nitrogens with zero attached hydrogens (tertiary/aromatic N) is 1. The van der Waals surface area contributed by atoms with E-state index in [0.29, 0.717) is 23.4 Å². The Labute approximate surface area is 180 Å². The smallest absolute Gasteiger partial charge is 0.113 e. The monoisotopic (exact) mass is 435 g/mol. The highest BCUT2D eigenvalue weighted by Gasteiger charge is 2.43. The van der Waals surface area contributed by atoms with E-state index in [4.69, 9.17) is 16.3 Å². The first-order valence-corrected chi connectivity index (χ1v) is 10.0. The van der Waals surface area contributed by atoms with E-state index in [1.165, 1.54) is 7.11 Å². The molecule has 0 spiro atoms. The van der Waals surface area contributed by atoms with Crippen molar-refractivity contribution in [3.63, 3.8) is 0 Å². The van der Waals surface area contributed by atoms with Crippen LogP contribution in [0.25, 0.3) is 0 Å². The molecule has 7 nitrogen and oxygen atoms in total. The lowest BCUT2D eigenvalue weighted by Crippen LogP contribution is -2.55. The Morgan fingerprint density at radius 2 is 1.73 bits per heavy atom. The molecule has 0 aliphatic carbocycles. The topological polar surface area (TPSA) is 112 Å². The minimum Gasteiger partial charge on any atom is -0.399 e. The number of hydrogen-bond acceptors (Lipinski definition) is 7. The van der Waals surface area contributed by atoms with Crippen LogP contribution in [0.2, 0.25) is 5.02 Å². The van der Waals surface area contributed by atoms with Crippen LogP contribution in [0.5, 0.6) is 0 Å². The molecule has 0 bridgehead atoms. The Balaban J connectivity index is 1.77. The van der Waals surface area contributed by atoms with Gasteiger partial charge in [0, 0.05) is 17.7 Å². The summed E-state index contributed by atoms with van der Waals surface area (Å²) in [7, 11) is 1.50. The maximum absolute atomic E-state index is 10.4. The van der Waals surface area contributed by atoms with E-state index in [1.807, 2.05) is 30.3 Å². The summed E-state index contributed by atoms with van der Waals surface area (Å²) < 4.78 is 5.65. The van der Waals surface area contributed by atoms with Gasteiger partial charge in [-0.15, -0.1) is 0 Å². The first-order valence-electron chi connectivity index (χ1n) is 9.66. The minimum atomic E-state index is -1.42. The number of halogens is 1. The number of benzene rings is 2. The van der Waals surface area contributed by atoms with Crippen molar-refractivity contribution < 1.29 is 30.0 Å². The fourth-order valence-electron chi connectivity index (χ4n) is 3.51. The zero-order valence-corrected chi connectivity index (χ0v) is 17.3. The molecule has 1 aliphatic heterocycles. The van der Waals surface area contributed by atoms with Crippen molar-refractivity contribution >= 4 is 17.8 Å². The van der Waals surface area contributed by atoms with Crippen molar-refractivity contribution in [3.05, 3.63) is 69.7 Å². The van der Waals surface area contributed by atoms with E-state index in [1.54, 1.807) is 18.3 Å². The molecule has 8 heteroatoms. The highest BCUT2D eigenvalue weighted by molar-refractivity contribution is 6.31. The summed E-state index contributed by atoms with van der Waals surface area (Å²) in [4.78, 5) is 4.66. The molecule has 30 heavy (non-hydrogen) atoms. The Morgan fingerprint density at radius 3 is 2.40 bits per heavy atom. The van der Waals surface area contributed by atoms with Crippen molar-refractivity contribution in [2.24, 2.45) is 5.16 Å². The molecule has 0 aromatic heterocycles. The number of aliphatic hydroxyl groups excluding tert-OH is 4. The third-order valence-corrected chi connectivity index (χ3v) is 5.58. The molecule has 2 aromatic carbocycles. The quantitative estimate of drug-likeness (QED) is 0.388. The van der Waals surface area contributed by atoms with Gasteiger partial charge >= 0.3 is 0 Å². The third-order valence-electron chi connectivity index (χ3n) is 5.22. The minimum absolute atomic E-state index is 0.469. The maximum atomic E-state index is 10.4. The van der Waals surface area contributed by atoms with E-state index < -0.39 is 37.1 Å². The Hall–Kier alpha value is -2.00. The zero-order chi connectivity index (χ0) is 21.7. The third kappa shape index (κ3) is 5.18. The van der Waals surface area contributed by atoms with Gasteiger partial charge in [0.1, 0.15) is 37.6 Å². The van der Waals surface area contributed by atoms with Gasteiger partial charge in [-0.05, 0) is 34.7 Å². The fourth-order valence-corrected chi connectivity index (χ4v) is 3.70. The SMILES string of the molecule is CO/N=C/Cc1ccc(Cc2cc([C@@H]3O[C@H](CO)[C@@H](O)[C@H](O)[C@H]3O)ccc2Cl)cc1. The van der Waals surface area contributed by atoms with Gasteiger partial charge in [-0.2, -0.15) is 0 Å². The molecule has 0 saturated carbocycles. The van der Waals surface area contributed by atoms with E-state index in [9.17, 15) is 20.4 Å². The van der Waals surface area contributed by atoms with Crippen LogP contribution in [0, 0.1) is 0 Å². The second-order valence-electron chi connectivity index (χ2n) is 7.27. The fraction of sp³-hybridized carbons (Fsp3) is 0.409. The van der Waals surface area contributed by atoms with Crippen LogP contribution in [0.1, 0.15) is 28.4 Å². The van der Waals surface area contributed by atoms with Crippen LogP contribution in [-0.2, 0) is 22.4 Å². The van der Waals surface area contributed by atoms with E-state index in [0.717, 1.165) is 16.7 Å². The standard InChI is InChI=1S/C22H26ClNO6/c1-29-24-9-8-13-2-4-14(5-3-13)10-16-11-15(6-7-17(16)23)22-21(28)20(27)19(26)18(12-25)30-22/h2-7,9,11,18-22,25-28H,8,10,12H2,1H3/b24-9+/t18-,19-,20+,21-,22+/m1/s1. The predicted molar refractivity (Wildman–Crippen MR) is 113 cm³/mol. The summed E-state index contributed by atoms with van der Waals surface area (Å²) in [6, 6.07) is 13.3. The molecular weight excluding hydrogens is 410 g/mol. The lowest BCUT2D eigenvalue weighted by molar-refractivity contribution is -0.231. The summed E-state index contributed by atoms with van der Waals surface area (Å²) in [6.45, 7) is -0.469. The molecule has 1 heterocycles. The van der Waals surface area contributed by atoms with Crippen LogP contribution in [0.15, 0.2) is 47.6 Å². The van der Waals surface area contributed by atoms with Crippen LogP contribution in [0.3, 0.4) is 0 Å². The molecular formula is C22H26ClNO6. The largest absolute Gasteiger partial charge is 0.399 e. The highest BCUT2D eigenvalue weighted by atomic mass is 35.5. The Morgan fingerprint density at radius 1 is 1.03 bits per heavy atom. The number of ether oxygens (including phenoxy) is 1. The second kappa shape index (κ2) is 10.3. The molecule has 1 fully saturated rings. The van der Waals surface area contributed by atoms with Crippen LogP contribution in [-0.4, -0.2) is 64.8 Å². The first kappa shape index (κ1) is 22.7. The summed E-state index contributed by atoms with van der Waals surface area (Å²) in [6.07, 6.45) is -3.06. The molecule has 0 amide bonds. The zero-order valence-electron chi connectivity index (χ0n) is 16.6. The summed E-state index contributed by atoms with van der Waals surface area (Å²) in [5.74, 6) is 0. The molecule has 5 atom stereocenters. The van der Waals surface area contributed by atoms with Gasteiger partial charge in [-0.25, -0.2) is 0 Å². The van der Waals surface area contributed by atoms with E-state index >= 15 is 0 Å². The molecule has 2 aromatic rings. The highest BCUT2D eigenvalue weighted by Crippen LogP contribution is 2.34. The number of oxime groups is 1. The van der Waals surface area contributed by atoms with Crippen LogP contribution in [0.4, 0.5) is 0 Å². The molecule has 1 aliphatic rings. The van der Waals surface area contributed by atoms with Crippen LogP contribution < -0.4 is 0 Å². The molecule has 3 rings (SSSR count). The van der Waals surface area contributed by atoms with Gasteiger partial charge < -0.3 is 30.0 Å². The lowest BCUT2D eigenvalue weighted by Gasteiger charge is -2.40. The molecule has 162 valence electrons. The van der Waals surface area contributed by atoms with Gasteiger partial charge in [0.2, 0.25) is 0 Å². The Kier molecular flexibility index (Phi) is 7.82. The summed E-state index contributed by atoms with van der Waals surface area (Å²) >= 11 is 6.38. The van der Waals surface area contributed by atoms with Crippen molar-refractivity contribution in [2.45, 2.75) is 43.4 Å². The average molecular weight is 436 g/mol. The molecule has 0 unspecified atom stereocenters. The molecule has 1 saturated heterocycles. The van der Waals surface area contributed by atoms with E-state index in [-0.39, 0.29) is 0 Å². The summed E-state index contributed by atoms with van der Waals surface area (Å²) in [5, 5.41) is 44.1. The van der Waals surface area contributed by atoms with Gasteiger partial charge in [0.15, 0.2) is 0 Å².